The summed E-state index contributed by atoms with van der Waals surface area (Å²) in [4.78, 5) is 2.40. The van der Waals surface area contributed by atoms with Crippen molar-refractivity contribution in [2.24, 2.45) is 0 Å². The SMILES string of the molecule is O=S(=O)(CCCCCl)Nc1cccc(CN2CCCC2)c1. The van der Waals surface area contributed by atoms with E-state index in [4.69, 9.17) is 11.6 Å². The highest BCUT2D eigenvalue weighted by atomic mass is 35.5. The lowest BCUT2D eigenvalue weighted by molar-refractivity contribution is 0.331. The number of alkyl halides is 1. The quantitative estimate of drug-likeness (QED) is 0.588. The van der Waals surface area contributed by atoms with Crippen molar-refractivity contribution in [2.75, 3.05) is 29.4 Å². The van der Waals surface area contributed by atoms with Crippen LogP contribution in [0.15, 0.2) is 24.3 Å². The van der Waals surface area contributed by atoms with E-state index in [-0.39, 0.29) is 5.75 Å². The van der Waals surface area contributed by atoms with Gasteiger partial charge in [0.05, 0.1) is 5.75 Å². The number of rotatable bonds is 8. The Hall–Kier alpha value is -0.780. The molecule has 6 heteroatoms. The number of sulfonamides is 1. The predicted octanol–water partition coefficient (Wildman–Crippen LogP) is 3.04. The maximum absolute atomic E-state index is 12.0. The molecule has 0 saturated carbocycles. The minimum absolute atomic E-state index is 0.121. The van der Waals surface area contributed by atoms with Crippen LogP contribution in [0.3, 0.4) is 0 Å². The van der Waals surface area contributed by atoms with E-state index in [0.29, 0.717) is 18.0 Å². The van der Waals surface area contributed by atoms with E-state index in [0.717, 1.165) is 31.6 Å². The molecule has 0 spiro atoms. The van der Waals surface area contributed by atoms with Gasteiger partial charge in [0, 0.05) is 18.1 Å². The molecule has 0 radical (unpaired) electrons. The van der Waals surface area contributed by atoms with Crippen molar-refractivity contribution in [3.63, 3.8) is 0 Å². The Morgan fingerprint density at radius 3 is 2.67 bits per heavy atom. The van der Waals surface area contributed by atoms with Crippen LogP contribution in [-0.4, -0.2) is 38.0 Å². The molecule has 0 aliphatic carbocycles. The number of hydrogen-bond donors (Lipinski definition) is 1. The van der Waals surface area contributed by atoms with Crippen LogP contribution in [0.2, 0.25) is 0 Å². The second-order valence-electron chi connectivity index (χ2n) is 5.50. The number of nitrogens with zero attached hydrogens (tertiary/aromatic N) is 1. The van der Waals surface area contributed by atoms with Gasteiger partial charge in [-0.1, -0.05) is 12.1 Å². The zero-order valence-electron chi connectivity index (χ0n) is 12.2. The first kappa shape index (κ1) is 16.6. The monoisotopic (exact) mass is 330 g/mol. The van der Waals surface area contributed by atoms with E-state index >= 15 is 0 Å². The fourth-order valence-electron chi connectivity index (χ4n) is 2.55. The molecule has 1 aromatic carbocycles. The van der Waals surface area contributed by atoms with Gasteiger partial charge in [-0.15, -0.1) is 11.6 Å². The zero-order chi connectivity index (χ0) is 15.1. The molecule has 1 heterocycles. The third kappa shape index (κ3) is 5.85. The van der Waals surface area contributed by atoms with Gasteiger partial charge in [0.1, 0.15) is 0 Å². The molecule has 1 aromatic rings. The highest BCUT2D eigenvalue weighted by Crippen LogP contribution is 2.17. The molecule has 1 aliphatic rings. The van der Waals surface area contributed by atoms with Crippen LogP contribution in [0.4, 0.5) is 5.69 Å². The van der Waals surface area contributed by atoms with Crippen molar-refractivity contribution < 1.29 is 8.42 Å². The van der Waals surface area contributed by atoms with Gasteiger partial charge in [-0.05, 0) is 56.5 Å². The number of nitrogens with one attached hydrogen (secondary N) is 1. The van der Waals surface area contributed by atoms with E-state index in [1.807, 2.05) is 18.2 Å². The first-order valence-electron chi connectivity index (χ1n) is 7.47. The summed E-state index contributed by atoms with van der Waals surface area (Å²) in [7, 11) is -3.27. The van der Waals surface area contributed by atoms with E-state index in [9.17, 15) is 8.42 Å². The molecule has 0 atom stereocenters. The molecule has 0 unspecified atom stereocenters. The Labute approximate surface area is 132 Å². The number of anilines is 1. The van der Waals surface area contributed by atoms with Crippen molar-refractivity contribution in [1.82, 2.24) is 4.90 Å². The Morgan fingerprint density at radius 1 is 1.19 bits per heavy atom. The van der Waals surface area contributed by atoms with E-state index < -0.39 is 10.0 Å². The number of hydrogen-bond acceptors (Lipinski definition) is 3. The highest BCUT2D eigenvalue weighted by Gasteiger charge is 2.13. The van der Waals surface area contributed by atoms with Crippen LogP contribution in [-0.2, 0) is 16.6 Å². The van der Waals surface area contributed by atoms with Crippen molar-refractivity contribution in [3.8, 4) is 0 Å². The fraction of sp³-hybridized carbons (Fsp3) is 0.600. The van der Waals surface area contributed by atoms with Crippen LogP contribution in [0, 0.1) is 0 Å². The van der Waals surface area contributed by atoms with Gasteiger partial charge in [-0.3, -0.25) is 9.62 Å². The lowest BCUT2D eigenvalue weighted by atomic mass is 10.2. The molecular formula is C15H23ClN2O2S. The lowest BCUT2D eigenvalue weighted by Crippen LogP contribution is -2.19. The summed E-state index contributed by atoms with van der Waals surface area (Å²) in [5.41, 5.74) is 1.80. The standard InChI is InChI=1S/C15H23ClN2O2S/c16-8-1-4-11-21(19,20)17-15-7-5-6-14(12-15)13-18-9-2-3-10-18/h5-7,12,17H,1-4,8-11,13H2. The van der Waals surface area contributed by atoms with Crippen molar-refractivity contribution >= 4 is 27.3 Å². The minimum Gasteiger partial charge on any atom is -0.299 e. The predicted molar refractivity (Wildman–Crippen MR) is 88.3 cm³/mol. The maximum Gasteiger partial charge on any atom is 0.232 e. The molecule has 0 bridgehead atoms. The molecule has 0 amide bonds. The van der Waals surface area contributed by atoms with Crippen LogP contribution in [0.5, 0.6) is 0 Å². The van der Waals surface area contributed by atoms with Gasteiger partial charge in [-0.2, -0.15) is 0 Å². The number of benzene rings is 1. The molecule has 21 heavy (non-hydrogen) atoms. The topological polar surface area (TPSA) is 49.4 Å². The molecular weight excluding hydrogens is 308 g/mol. The van der Waals surface area contributed by atoms with E-state index in [2.05, 4.69) is 9.62 Å². The molecule has 1 aliphatic heterocycles. The average Bonchev–Trinajstić information content (AvgIpc) is 2.91. The zero-order valence-corrected chi connectivity index (χ0v) is 13.8. The fourth-order valence-corrected chi connectivity index (χ4v) is 3.91. The second-order valence-corrected chi connectivity index (χ2v) is 7.72. The molecule has 0 aromatic heterocycles. The van der Waals surface area contributed by atoms with Crippen molar-refractivity contribution in [2.45, 2.75) is 32.2 Å². The van der Waals surface area contributed by atoms with Gasteiger partial charge in [0.15, 0.2) is 0 Å². The Morgan fingerprint density at radius 2 is 1.95 bits per heavy atom. The van der Waals surface area contributed by atoms with Crippen LogP contribution in [0.1, 0.15) is 31.2 Å². The van der Waals surface area contributed by atoms with E-state index in [1.54, 1.807) is 6.07 Å². The summed E-state index contributed by atoms with van der Waals surface area (Å²) in [5, 5.41) is 0. The Balaban J connectivity index is 1.93. The molecule has 1 fully saturated rings. The van der Waals surface area contributed by atoms with Crippen LogP contribution in [0.25, 0.3) is 0 Å². The average molecular weight is 331 g/mol. The van der Waals surface area contributed by atoms with E-state index in [1.165, 1.54) is 12.8 Å². The Bertz CT molecular complexity index is 542. The summed E-state index contributed by atoms with van der Waals surface area (Å²) >= 11 is 5.57. The maximum atomic E-state index is 12.0. The Kier molecular flexibility index (Phi) is 6.33. The molecule has 1 saturated heterocycles. The third-order valence-corrected chi connectivity index (χ3v) is 5.24. The molecule has 118 valence electrons. The largest absolute Gasteiger partial charge is 0.299 e. The molecule has 4 nitrogen and oxygen atoms in total. The van der Waals surface area contributed by atoms with Gasteiger partial charge in [-0.25, -0.2) is 8.42 Å². The van der Waals surface area contributed by atoms with Gasteiger partial charge in [0.25, 0.3) is 0 Å². The molecule has 2 rings (SSSR count). The van der Waals surface area contributed by atoms with Crippen LogP contribution < -0.4 is 4.72 Å². The normalized spacial score (nSPS) is 16.2. The summed E-state index contributed by atoms with van der Waals surface area (Å²) in [6, 6.07) is 7.68. The summed E-state index contributed by atoms with van der Waals surface area (Å²) in [6.45, 7) is 3.16. The highest BCUT2D eigenvalue weighted by molar-refractivity contribution is 7.92. The number of halogens is 1. The van der Waals surface area contributed by atoms with Gasteiger partial charge < -0.3 is 0 Å². The van der Waals surface area contributed by atoms with Crippen molar-refractivity contribution in [3.05, 3.63) is 29.8 Å². The van der Waals surface area contributed by atoms with Crippen molar-refractivity contribution in [1.29, 1.82) is 0 Å². The second kappa shape index (κ2) is 8.01. The first-order valence-corrected chi connectivity index (χ1v) is 9.65. The smallest absolute Gasteiger partial charge is 0.232 e. The first-order chi connectivity index (χ1) is 10.1. The third-order valence-electron chi connectivity index (χ3n) is 3.60. The summed E-state index contributed by atoms with van der Waals surface area (Å²) in [5.74, 6) is 0.622. The summed E-state index contributed by atoms with van der Waals surface area (Å²) in [6.07, 6.45) is 3.82. The lowest BCUT2D eigenvalue weighted by Gasteiger charge is -2.15. The van der Waals surface area contributed by atoms with Gasteiger partial charge >= 0.3 is 0 Å². The number of likely N-dealkylation sites (tertiary alicyclic amines) is 1. The summed E-state index contributed by atoms with van der Waals surface area (Å²) < 4.78 is 26.6. The minimum atomic E-state index is -3.27. The molecule has 1 N–H and O–H groups in total. The van der Waals surface area contributed by atoms with Crippen LogP contribution >= 0.6 is 11.6 Å². The number of unbranched alkanes of at least 4 members (excludes halogenated alkanes) is 1. The van der Waals surface area contributed by atoms with Gasteiger partial charge in [0.2, 0.25) is 10.0 Å².